The maximum atomic E-state index is 12.4. The number of hydrogen-bond acceptors (Lipinski definition) is 9. The van der Waals surface area contributed by atoms with Gasteiger partial charge in [0.05, 0.1) is 18.8 Å². The number of carbonyl (C=O) groups is 1. The van der Waals surface area contributed by atoms with E-state index in [1.807, 2.05) is 0 Å². The zero-order chi connectivity index (χ0) is 28.0. The normalized spacial score (nSPS) is 13.3. The van der Waals surface area contributed by atoms with E-state index in [4.69, 9.17) is 18.8 Å². The van der Waals surface area contributed by atoms with Crippen LogP contribution < -0.4 is 17.6 Å². The molecule has 0 aliphatic rings. The molecular formula is C25H59N3O9P2. The summed E-state index contributed by atoms with van der Waals surface area (Å²) in [5, 5.41) is 12.4. The Hall–Kier alpha value is -0.390. The van der Waals surface area contributed by atoms with E-state index in [-0.39, 0.29) is 37.8 Å². The van der Waals surface area contributed by atoms with Crippen LogP contribution in [0.2, 0.25) is 0 Å². The molecule has 0 radical (unpaired) electrons. The zero-order valence-corrected chi connectivity index (χ0v) is 26.5. The Morgan fingerprint density at radius 1 is 0.744 bits per heavy atom. The summed E-state index contributed by atoms with van der Waals surface area (Å²) in [6.07, 6.45) is 19.7. The minimum Gasteiger partial charge on any atom is -0.388 e. The zero-order valence-electron chi connectivity index (χ0n) is 24.7. The third-order valence-corrected chi connectivity index (χ3v) is 8.28. The van der Waals surface area contributed by atoms with Crippen molar-refractivity contribution in [1.82, 2.24) is 17.6 Å². The maximum Gasteiger partial charge on any atom is 0.483 e. The fraction of sp³-hybridized carbons (Fsp3) is 0.960. The third-order valence-electron chi connectivity index (χ3n) is 5.68. The number of unbranched alkanes of at least 4 members (excludes halogenated alkanes) is 14. The van der Waals surface area contributed by atoms with Gasteiger partial charge in [-0.2, -0.15) is 4.31 Å². The number of carbonyl (C=O) groups excluding carboxylic acids is 1. The van der Waals surface area contributed by atoms with Gasteiger partial charge in [-0.1, -0.05) is 96.8 Å². The van der Waals surface area contributed by atoms with Gasteiger partial charge in [0, 0.05) is 13.0 Å². The van der Waals surface area contributed by atoms with Crippen LogP contribution in [0.25, 0.3) is 0 Å². The number of amides is 1. The molecule has 12 nitrogen and oxygen atoms in total. The predicted octanol–water partition coefficient (Wildman–Crippen LogP) is 7.10. The van der Waals surface area contributed by atoms with Crippen molar-refractivity contribution in [3.05, 3.63) is 0 Å². The maximum absolute atomic E-state index is 12.4. The monoisotopic (exact) mass is 607 g/mol. The second-order valence-electron chi connectivity index (χ2n) is 10.3. The summed E-state index contributed by atoms with van der Waals surface area (Å²) < 4.78 is 37.3. The summed E-state index contributed by atoms with van der Waals surface area (Å²) in [4.78, 5) is 29.8. The van der Waals surface area contributed by atoms with E-state index in [9.17, 15) is 19.0 Å². The Bertz CT molecular complexity index is 674. The lowest BCUT2D eigenvalue weighted by atomic mass is 10.0. The van der Waals surface area contributed by atoms with Crippen molar-refractivity contribution < 1.29 is 42.2 Å². The summed E-state index contributed by atoms with van der Waals surface area (Å²) >= 11 is 0. The summed E-state index contributed by atoms with van der Waals surface area (Å²) in [6, 6.07) is 0. The summed E-state index contributed by atoms with van der Waals surface area (Å²) in [7, 11) is -9.72. The van der Waals surface area contributed by atoms with Crippen LogP contribution in [0.4, 0.5) is 0 Å². The molecule has 0 saturated carbocycles. The molecule has 0 aromatic rings. The fourth-order valence-electron chi connectivity index (χ4n) is 3.67. The summed E-state index contributed by atoms with van der Waals surface area (Å²) in [5.41, 5.74) is -1.40. The van der Waals surface area contributed by atoms with E-state index in [1.165, 1.54) is 90.9 Å². The van der Waals surface area contributed by atoms with Crippen LogP contribution in [-0.4, -0.2) is 46.2 Å². The quantitative estimate of drug-likeness (QED) is 0.0429. The highest BCUT2D eigenvalue weighted by atomic mass is 31.3. The van der Waals surface area contributed by atoms with E-state index < -0.39 is 27.9 Å². The van der Waals surface area contributed by atoms with Crippen LogP contribution in [0.15, 0.2) is 0 Å². The van der Waals surface area contributed by atoms with Gasteiger partial charge in [0.15, 0.2) is 0 Å². The van der Waals surface area contributed by atoms with Gasteiger partial charge in [-0.3, -0.25) is 13.8 Å². The Labute approximate surface area is 236 Å². The standard InChI is InChI=1S/C25H53NO9P2.2H3N/c1-4-5-6-7-8-9-10-11-12-13-14-15-16-17-18-20-24(27)26-21-19-22-33-37(32,35-36(29,30)31)34-23-25(2,3)28;;/h28H,4-23H2,1-3H3,(H,26,27)(H2,29,30,31);2*1H3. The molecule has 0 spiro atoms. The lowest BCUT2D eigenvalue weighted by molar-refractivity contribution is -0.121. The molecule has 0 bridgehead atoms. The highest BCUT2D eigenvalue weighted by Crippen LogP contribution is 2.61. The molecule has 14 heteroatoms. The summed E-state index contributed by atoms with van der Waals surface area (Å²) in [6.45, 7) is 4.49. The van der Waals surface area contributed by atoms with Gasteiger partial charge in [-0.15, -0.1) is 0 Å². The average Bonchev–Trinajstić information content (AvgIpc) is 2.78. The van der Waals surface area contributed by atoms with Crippen molar-refractivity contribution in [1.29, 1.82) is 0 Å². The SMILES string of the molecule is CCCCCCCCCCCCCCCCCC(=O)NCCCOP(=O)(OCC(C)(C)O)OP(=O)(O)O.N.N. The second-order valence-corrected chi connectivity index (χ2v) is 13.4. The first-order chi connectivity index (χ1) is 17.4. The lowest BCUT2D eigenvalue weighted by Crippen LogP contribution is -2.26. The molecule has 0 saturated heterocycles. The van der Waals surface area contributed by atoms with E-state index in [0.717, 1.165) is 19.3 Å². The minimum atomic E-state index is -5.14. The van der Waals surface area contributed by atoms with Crippen LogP contribution in [-0.2, 0) is 27.3 Å². The molecule has 1 unspecified atom stereocenters. The van der Waals surface area contributed by atoms with Crippen molar-refractivity contribution in [2.45, 2.75) is 136 Å². The Balaban J connectivity index is -0.00000648. The number of phosphoric ester groups is 1. The van der Waals surface area contributed by atoms with Gasteiger partial charge in [-0.05, 0) is 26.7 Å². The van der Waals surface area contributed by atoms with Gasteiger partial charge in [-0.25, -0.2) is 9.13 Å². The number of phosphoric acid groups is 2. The Kier molecular flexibility index (Phi) is 28.0. The molecule has 39 heavy (non-hydrogen) atoms. The number of rotatable bonds is 26. The molecule has 1 amide bonds. The largest absolute Gasteiger partial charge is 0.483 e. The lowest BCUT2D eigenvalue weighted by Gasteiger charge is -2.22. The van der Waals surface area contributed by atoms with E-state index in [2.05, 4.69) is 16.6 Å². The molecule has 1 atom stereocenters. The molecule has 0 rings (SSSR count). The van der Waals surface area contributed by atoms with Gasteiger partial charge >= 0.3 is 15.6 Å². The second kappa shape index (κ2) is 25.3. The van der Waals surface area contributed by atoms with Crippen molar-refractivity contribution >= 4 is 21.6 Å². The van der Waals surface area contributed by atoms with Crippen molar-refractivity contribution in [2.75, 3.05) is 19.8 Å². The highest BCUT2D eigenvalue weighted by molar-refractivity contribution is 7.61. The molecule has 0 aromatic carbocycles. The van der Waals surface area contributed by atoms with Crippen molar-refractivity contribution in [2.24, 2.45) is 0 Å². The number of hydrogen-bond donors (Lipinski definition) is 6. The Morgan fingerprint density at radius 3 is 1.59 bits per heavy atom. The van der Waals surface area contributed by atoms with Gasteiger partial charge in [0.25, 0.3) is 0 Å². The molecule has 10 N–H and O–H groups in total. The number of nitrogens with one attached hydrogen (secondary N) is 1. The Morgan fingerprint density at radius 2 is 1.18 bits per heavy atom. The van der Waals surface area contributed by atoms with Crippen molar-refractivity contribution in [3.8, 4) is 0 Å². The summed E-state index contributed by atoms with van der Waals surface area (Å²) in [5.74, 6) is -0.0809. The molecule has 0 aromatic heterocycles. The fourth-order valence-corrected chi connectivity index (χ4v) is 5.99. The van der Waals surface area contributed by atoms with Crippen LogP contribution in [0.1, 0.15) is 130 Å². The molecule has 0 aliphatic carbocycles. The first-order valence-electron chi connectivity index (χ1n) is 14.0. The van der Waals surface area contributed by atoms with E-state index in [0.29, 0.717) is 6.42 Å². The predicted molar refractivity (Wildman–Crippen MR) is 156 cm³/mol. The minimum absolute atomic E-state index is 0. The van der Waals surface area contributed by atoms with Crippen LogP contribution in [0.3, 0.4) is 0 Å². The first kappa shape index (κ1) is 43.1. The number of aliphatic hydroxyl groups is 1. The van der Waals surface area contributed by atoms with E-state index >= 15 is 0 Å². The van der Waals surface area contributed by atoms with Gasteiger partial charge in [0.2, 0.25) is 5.91 Å². The molecule has 0 aliphatic heterocycles. The topological polar surface area (TPSA) is 222 Å². The van der Waals surface area contributed by atoms with Crippen LogP contribution in [0, 0.1) is 0 Å². The van der Waals surface area contributed by atoms with Crippen LogP contribution in [0.5, 0.6) is 0 Å². The third kappa shape index (κ3) is 32.0. The molecular weight excluding hydrogens is 548 g/mol. The molecule has 238 valence electrons. The first-order valence-corrected chi connectivity index (χ1v) is 17.0. The van der Waals surface area contributed by atoms with Crippen molar-refractivity contribution in [3.63, 3.8) is 0 Å². The van der Waals surface area contributed by atoms with Gasteiger partial charge < -0.3 is 32.5 Å². The highest BCUT2D eigenvalue weighted by Gasteiger charge is 2.37. The average molecular weight is 608 g/mol. The van der Waals surface area contributed by atoms with E-state index in [1.54, 1.807) is 0 Å². The van der Waals surface area contributed by atoms with Gasteiger partial charge in [0.1, 0.15) is 0 Å². The smallest absolute Gasteiger partial charge is 0.388 e. The molecule has 0 heterocycles. The molecule has 0 fully saturated rings. The van der Waals surface area contributed by atoms with Crippen LogP contribution >= 0.6 is 15.6 Å².